The van der Waals surface area contributed by atoms with Crippen LogP contribution in [-0.4, -0.2) is 10.9 Å². The number of fused-ring (bicyclic) bond motifs is 1. The quantitative estimate of drug-likeness (QED) is 0.794. The van der Waals surface area contributed by atoms with Crippen LogP contribution in [0.15, 0.2) is 40.8 Å². The summed E-state index contributed by atoms with van der Waals surface area (Å²) < 4.78 is 5.82. The van der Waals surface area contributed by atoms with Crippen molar-refractivity contribution < 1.29 is 9.21 Å². The Morgan fingerprint density at radius 2 is 2.13 bits per heavy atom. The van der Waals surface area contributed by atoms with Crippen molar-refractivity contribution in [2.24, 2.45) is 0 Å². The van der Waals surface area contributed by atoms with Crippen LogP contribution in [0, 0.1) is 25.2 Å². The summed E-state index contributed by atoms with van der Waals surface area (Å²) in [7, 11) is 0. The Bertz CT molecular complexity index is 935. The first-order chi connectivity index (χ1) is 11.1. The number of amides is 1. The molecule has 0 radical (unpaired) electrons. The summed E-state index contributed by atoms with van der Waals surface area (Å²) in [5.74, 6) is 0.181. The molecule has 114 valence electrons. The van der Waals surface area contributed by atoms with Crippen molar-refractivity contribution in [2.75, 3.05) is 5.32 Å². The first-order valence-corrected chi connectivity index (χ1v) is 7.22. The van der Waals surface area contributed by atoms with Crippen LogP contribution >= 0.6 is 0 Å². The summed E-state index contributed by atoms with van der Waals surface area (Å²) in [4.78, 5) is 16.1. The van der Waals surface area contributed by atoms with Gasteiger partial charge < -0.3 is 9.73 Å². The minimum absolute atomic E-state index is 0.175. The molecule has 0 unspecified atom stereocenters. The number of nitriles is 1. The highest BCUT2D eigenvalue weighted by molar-refractivity contribution is 5.93. The molecule has 23 heavy (non-hydrogen) atoms. The first-order valence-electron chi connectivity index (χ1n) is 7.22. The van der Waals surface area contributed by atoms with Gasteiger partial charge in [-0.2, -0.15) is 5.26 Å². The Kier molecular flexibility index (Phi) is 3.82. The Morgan fingerprint density at radius 3 is 2.91 bits per heavy atom. The number of carbonyl (C=O) groups excluding carboxylic acids is 1. The normalized spacial score (nSPS) is 10.5. The van der Waals surface area contributed by atoms with Crippen LogP contribution in [0.25, 0.3) is 22.6 Å². The van der Waals surface area contributed by atoms with E-state index in [0.717, 1.165) is 27.8 Å². The van der Waals surface area contributed by atoms with Gasteiger partial charge in [0.05, 0.1) is 6.07 Å². The lowest BCUT2D eigenvalue weighted by molar-refractivity contribution is -0.115. The van der Waals surface area contributed by atoms with E-state index in [9.17, 15) is 4.79 Å². The minimum atomic E-state index is -0.332. The van der Waals surface area contributed by atoms with Gasteiger partial charge >= 0.3 is 0 Å². The number of nitrogens with one attached hydrogen (secondary N) is 1. The van der Waals surface area contributed by atoms with E-state index in [1.54, 1.807) is 6.07 Å². The van der Waals surface area contributed by atoms with E-state index in [4.69, 9.17) is 9.68 Å². The van der Waals surface area contributed by atoms with Gasteiger partial charge in [0.2, 0.25) is 11.8 Å². The molecule has 0 atom stereocenters. The van der Waals surface area contributed by atoms with Gasteiger partial charge in [0.1, 0.15) is 11.9 Å². The number of carbonyl (C=O) groups is 1. The van der Waals surface area contributed by atoms with Crippen LogP contribution < -0.4 is 5.32 Å². The van der Waals surface area contributed by atoms with Crippen LogP contribution in [0.2, 0.25) is 0 Å². The van der Waals surface area contributed by atoms with Crippen molar-refractivity contribution in [1.29, 1.82) is 5.26 Å². The molecule has 0 fully saturated rings. The highest BCUT2D eigenvalue weighted by Gasteiger charge is 2.14. The first kappa shape index (κ1) is 14.8. The Labute approximate surface area is 133 Å². The number of aryl methyl sites for hydroxylation is 1. The van der Waals surface area contributed by atoms with Gasteiger partial charge in [-0.3, -0.25) is 4.79 Å². The summed E-state index contributed by atoms with van der Waals surface area (Å²) in [5.41, 5.74) is 4.96. The van der Waals surface area contributed by atoms with Gasteiger partial charge in [0.15, 0.2) is 5.58 Å². The summed E-state index contributed by atoms with van der Waals surface area (Å²) in [6, 6.07) is 13.2. The molecule has 0 aliphatic heterocycles. The molecule has 5 heteroatoms. The monoisotopic (exact) mass is 305 g/mol. The van der Waals surface area contributed by atoms with E-state index in [1.165, 1.54) is 0 Å². The molecule has 0 spiro atoms. The van der Waals surface area contributed by atoms with Gasteiger partial charge in [-0.15, -0.1) is 0 Å². The van der Waals surface area contributed by atoms with E-state index < -0.39 is 0 Å². The maximum atomic E-state index is 11.6. The summed E-state index contributed by atoms with van der Waals surface area (Å²) >= 11 is 0. The second-order valence-corrected chi connectivity index (χ2v) is 5.35. The Morgan fingerprint density at radius 1 is 1.30 bits per heavy atom. The molecule has 0 saturated carbocycles. The van der Waals surface area contributed by atoms with Crippen LogP contribution in [0.3, 0.4) is 0 Å². The fourth-order valence-corrected chi connectivity index (χ4v) is 2.42. The predicted octanol–water partition coefficient (Wildman–Crippen LogP) is 3.96. The molecule has 0 saturated heterocycles. The third kappa shape index (κ3) is 2.92. The van der Waals surface area contributed by atoms with Crippen molar-refractivity contribution in [3.05, 3.63) is 47.5 Å². The Balaban J connectivity index is 2.01. The zero-order valence-electron chi connectivity index (χ0n) is 12.9. The fourth-order valence-electron chi connectivity index (χ4n) is 2.42. The summed E-state index contributed by atoms with van der Waals surface area (Å²) in [5, 5.41) is 11.3. The zero-order chi connectivity index (χ0) is 16.4. The van der Waals surface area contributed by atoms with Gasteiger partial charge in [0, 0.05) is 11.3 Å². The SMILES string of the molecule is Cc1ccc2oc(-c3cccc(NC(=O)CC#N)c3C)nc2c1. The van der Waals surface area contributed by atoms with Crippen molar-refractivity contribution in [3.8, 4) is 17.5 Å². The molecule has 0 aliphatic rings. The number of hydrogen-bond acceptors (Lipinski definition) is 4. The van der Waals surface area contributed by atoms with Crippen molar-refractivity contribution in [2.45, 2.75) is 20.3 Å². The molecule has 1 N–H and O–H groups in total. The number of anilines is 1. The van der Waals surface area contributed by atoms with Crippen LogP contribution in [0.5, 0.6) is 0 Å². The number of rotatable bonds is 3. The van der Waals surface area contributed by atoms with Gasteiger partial charge in [-0.05, 0) is 49.2 Å². The van der Waals surface area contributed by atoms with Crippen molar-refractivity contribution >= 4 is 22.7 Å². The lowest BCUT2D eigenvalue weighted by Crippen LogP contribution is -2.11. The van der Waals surface area contributed by atoms with Gasteiger partial charge in [0.25, 0.3) is 0 Å². The number of hydrogen-bond donors (Lipinski definition) is 1. The number of benzene rings is 2. The lowest BCUT2D eigenvalue weighted by atomic mass is 10.1. The second kappa shape index (κ2) is 5.93. The van der Waals surface area contributed by atoms with E-state index in [2.05, 4.69) is 10.3 Å². The smallest absolute Gasteiger partial charge is 0.238 e. The molecule has 3 aromatic rings. The average Bonchev–Trinajstić information content (AvgIpc) is 2.92. The van der Waals surface area contributed by atoms with E-state index in [1.807, 2.05) is 50.2 Å². The van der Waals surface area contributed by atoms with Crippen LogP contribution in [0.4, 0.5) is 5.69 Å². The third-order valence-electron chi connectivity index (χ3n) is 3.62. The predicted molar refractivity (Wildman–Crippen MR) is 87.8 cm³/mol. The summed E-state index contributed by atoms with van der Waals surface area (Å²) in [6.45, 7) is 3.89. The van der Waals surface area contributed by atoms with Crippen molar-refractivity contribution in [3.63, 3.8) is 0 Å². The number of nitrogens with zero attached hydrogens (tertiary/aromatic N) is 2. The topological polar surface area (TPSA) is 78.9 Å². The number of aromatic nitrogens is 1. The molecule has 0 aliphatic carbocycles. The largest absolute Gasteiger partial charge is 0.436 e. The molecular weight excluding hydrogens is 290 g/mol. The van der Waals surface area contributed by atoms with Crippen LogP contribution in [0.1, 0.15) is 17.5 Å². The highest BCUT2D eigenvalue weighted by atomic mass is 16.3. The summed E-state index contributed by atoms with van der Waals surface area (Å²) in [6.07, 6.45) is -0.175. The van der Waals surface area contributed by atoms with Crippen LogP contribution in [-0.2, 0) is 4.79 Å². The molecule has 0 bridgehead atoms. The maximum absolute atomic E-state index is 11.6. The zero-order valence-corrected chi connectivity index (χ0v) is 12.9. The minimum Gasteiger partial charge on any atom is -0.436 e. The molecule has 1 amide bonds. The third-order valence-corrected chi connectivity index (χ3v) is 3.62. The molecule has 1 aromatic heterocycles. The molecule has 2 aromatic carbocycles. The molecule has 5 nitrogen and oxygen atoms in total. The van der Waals surface area contributed by atoms with Crippen molar-refractivity contribution in [1.82, 2.24) is 4.98 Å². The second-order valence-electron chi connectivity index (χ2n) is 5.35. The molecule has 1 heterocycles. The van der Waals surface area contributed by atoms with E-state index in [0.29, 0.717) is 11.6 Å². The molecule has 3 rings (SSSR count). The number of oxazole rings is 1. The lowest BCUT2D eigenvalue weighted by Gasteiger charge is -2.09. The van der Waals surface area contributed by atoms with Gasteiger partial charge in [-0.1, -0.05) is 12.1 Å². The fraction of sp³-hybridized carbons (Fsp3) is 0.167. The maximum Gasteiger partial charge on any atom is 0.238 e. The Hall–Kier alpha value is -3.13. The standard InChI is InChI=1S/C18H15N3O2/c1-11-6-7-16-15(10-11)21-18(23-16)13-4-3-5-14(12(13)2)20-17(22)8-9-19/h3-7,10H,8H2,1-2H3,(H,20,22). The average molecular weight is 305 g/mol. The van der Waals surface area contributed by atoms with E-state index in [-0.39, 0.29) is 12.3 Å². The highest BCUT2D eigenvalue weighted by Crippen LogP contribution is 2.30. The van der Waals surface area contributed by atoms with Gasteiger partial charge in [-0.25, -0.2) is 4.98 Å². The molecular formula is C18H15N3O2. The van der Waals surface area contributed by atoms with E-state index >= 15 is 0 Å².